The van der Waals surface area contributed by atoms with E-state index in [2.05, 4.69) is 6.92 Å². The van der Waals surface area contributed by atoms with E-state index in [0.29, 0.717) is 6.54 Å². The molecule has 0 saturated carbocycles. The van der Waals surface area contributed by atoms with Crippen LogP contribution in [0.5, 0.6) is 0 Å². The molecule has 1 amide bonds. The van der Waals surface area contributed by atoms with Crippen molar-refractivity contribution in [2.45, 2.75) is 40.0 Å². The molecule has 15 heavy (non-hydrogen) atoms. The van der Waals surface area contributed by atoms with Gasteiger partial charge in [-0.3, -0.25) is 9.59 Å². The summed E-state index contributed by atoms with van der Waals surface area (Å²) in [7, 11) is 1.72. The second-order valence-corrected chi connectivity index (χ2v) is 4.53. The van der Waals surface area contributed by atoms with Crippen molar-refractivity contribution < 1.29 is 14.7 Å². The first-order valence-electron chi connectivity index (χ1n) is 5.28. The van der Waals surface area contributed by atoms with Crippen molar-refractivity contribution in [2.75, 3.05) is 13.6 Å². The minimum absolute atomic E-state index is 0.0987. The molecule has 0 aromatic carbocycles. The Balaban J connectivity index is 4.33. The Morgan fingerprint density at radius 2 is 1.87 bits per heavy atom. The van der Waals surface area contributed by atoms with Crippen LogP contribution in [0.1, 0.15) is 40.0 Å². The van der Waals surface area contributed by atoms with Gasteiger partial charge in [0, 0.05) is 13.6 Å². The number of carbonyl (C=O) groups excluding carboxylic acids is 1. The molecule has 0 unspecified atom stereocenters. The Hall–Kier alpha value is -1.06. The number of unbranched alkanes of at least 4 members (excludes halogenated alkanes) is 1. The van der Waals surface area contributed by atoms with E-state index in [4.69, 9.17) is 5.11 Å². The topological polar surface area (TPSA) is 57.6 Å². The van der Waals surface area contributed by atoms with Crippen LogP contribution in [0.4, 0.5) is 0 Å². The fourth-order valence-corrected chi connectivity index (χ4v) is 1.47. The lowest BCUT2D eigenvalue weighted by Gasteiger charge is -2.28. The van der Waals surface area contributed by atoms with Crippen LogP contribution in [0.3, 0.4) is 0 Å². The molecule has 0 fully saturated rings. The maximum atomic E-state index is 11.9. The Morgan fingerprint density at radius 3 is 2.27 bits per heavy atom. The van der Waals surface area contributed by atoms with Crippen LogP contribution >= 0.6 is 0 Å². The Labute approximate surface area is 91.3 Å². The van der Waals surface area contributed by atoms with Crippen LogP contribution < -0.4 is 0 Å². The Bertz CT molecular complexity index is 236. The van der Waals surface area contributed by atoms with Gasteiger partial charge in [0.1, 0.15) is 0 Å². The van der Waals surface area contributed by atoms with Gasteiger partial charge in [-0.1, -0.05) is 27.2 Å². The van der Waals surface area contributed by atoms with Crippen LogP contribution in [-0.4, -0.2) is 35.5 Å². The van der Waals surface area contributed by atoms with Gasteiger partial charge in [0.15, 0.2) is 0 Å². The van der Waals surface area contributed by atoms with Crippen molar-refractivity contribution in [1.82, 2.24) is 4.90 Å². The Kier molecular flexibility index (Phi) is 5.33. The van der Waals surface area contributed by atoms with Crippen LogP contribution in [0.2, 0.25) is 0 Å². The molecule has 0 aromatic rings. The van der Waals surface area contributed by atoms with E-state index in [1.54, 1.807) is 25.8 Å². The smallest absolute Gasteiger partial charge is 0.304 e. The summed E-state index contributed by atoms with van der Waals surface area (Å²) in [6.45, 7) is 6.09. The monoisotopic (exact) mass is 215 g/mol. The van der Waals surface area contributed by atoms with E-state index in [0.717, 1.165) is 12.8 Å². The highest BCUT2D eigenvalue weighted by molar-refractivity contribution is 5.86. The van der Waals surface area contributed by atoms with Crippen molar-refractivity contribution in [3.05, 3.63) is 0 Å². The normalized spacial score (nSPS) is 11.2. The quantitative estimate of drug-likeness (QED) is 0.734. The number of hydrogen-bond donors (Lipinski definition) is 1. The summed E-state index contributed by atoms with van der Waals surface area (Å²) in [5.74, 6) is -1.03. The minimum Gasteiger partial charge on any atom is -0.481 e. The van der Waals surface area contributed by atoms with Gasteiger partial charge in [0.05, 0.1) is 11.8 Å². The predicted molar refractivity (Wildman–Crippen MR) is 58.6 cm³/mol. The average Bonchev–Trinajstić information content (AvgIpc) is 2.10. The lowest BCUT2D eigenvalue weighted by Crippen LogP contribution is -2.40. The fraction of sp³-hybridized carbons (Fsp3) is 0.818. The summed E-state index contributed by atoms with van der Waals surface area (Å²) in [5.41, 5.74) is -0.811. The van der Waals surface area contributed by atoms with E-state index in [1.165, 1.54) is 0 Å². The summed E-state index contributed by atoms with van der Waals surface area (Å²) in [4.78, 5) is 24.1. The SMILES string of the molecule is CCCCN(C)C(=O)C(C)(C)CC(=O)O. The zero-order valence-corrected chi connectivity index (χ0v) is 10.0. The molecule has 0 bridgehead atoms. The second-order valence-electron chi connectivity index (χ2n) is 4.53. The molecule has 0 spiro atoms. The number of rotatable bonds is 6. The lowest BCUT2D eigenvalue weighted by molar-refractivity contribution is -0.148. The molecular formula is C11H21NO3. The third-order valence-electron chi connectivity index (χ3n) is 2.37. The van der Waals surface area contributed by atoms with Gasteiger partial charge in [-0.05, 0) is 6.42 Å². The maximum Gasteiger partial charge on any atom is 0.304 e. The number of hydrogen-bond acceptors (Lipinski definition) is 2. The van der Waals surface area contributed by atoms with Crippen LogP contribution in [0, 0.1) is 5.41 Å². The van der Waals surface area contributed by atoms with E-state index in [-0.39, 0.29) is 12.3 Å². The molecule has 0 heterocycles. The first kappa shape index (κ1) is 13.9. The third kappa shape index (κ3) is 4.81. The van der Waals surface area contributed by atoms with E-state index in [1.807, 2.05) is 0 Å². The molecular weight excluding hydrogens is 194 g/mol. The molecule has 0 aliphatic carbocycles. The molecule has 0 aliphatic rings. The second kappa shape index (κ2) is 5.73. The summed E-state index contributed by atoms with van der Waals surface area (Å²) in [6, 6.07) is 0. The largest absolute Gasteiger partial charge is 0.481 e. The minimum atomic E-state index is -0.933. The molecule has 4 nitrogen and oxygen atoms in total. The number of aliphatic carboxylic acids is 1. The Morgan fingerprint density at radius 1 is 1.33 bits per heavy atom. The van der Waals surface area contributed by atoms with Gasteiger partial charge in [-0.25, -0.2) is 0 Å². The number of carbonyl (C=O) groups is 2. The zero-order chi connectivity index (χ0) is 12.1. The van der Waals surface area contributed by atoms with E-state index < -0.39 is 11.4 Å². The number of nitrogens with zero attached hydrogens (tertiary/aromatic N) is 1. The summed E-state index contributed by atoms with van der Waals surface area (Å²) in [5, 5.41) is 8.69. The van der Waals surface area contributed by atoms with E-state index in [9.17, 15) is 9.59 Å². The van der Waals surface area contributed by atoms with Gasteiger partial charge < -0.3 is 10.0 Å². The average molecular weight is 215 g/mol. The van der Waals surface area contributed by atoms with Crippen LogP contribution in [-0.2, 0) is 9.59 Å². The molecule has 0 radical (unpaired) electrons. The zero-order valence-electron chi connectivity index (χ0n) is 10.0. The highest BCUT2D eigenvalue weighted by Gasteiger charge is 2.32. The maximum absolute atomic E-state index is 11.9. The molecule has 1 N–H and O–H groups in total. The number of carboxylic acid groups (broad SMARTS) is 1. The van der Waals surface area contributed by atoms with Gasteiger partial charge in [0.25, 0.3) is 0 Å². The van der Waals surface area contributed by atoms with Crippen molar-refractivity contribution in [2.24, 2.45) is 5.41 Å². The lowest BCUT2D eigenvalue weighted by atomic mass is 9.87. The molecule has 0 aliphatic heterocycles. The predicted octanol–water partition coefficient (Wildman–Crippen LogP) is 1.75. The van der Waals surface area contributed by atoms with Crippen LogP contribution in [0.15, 0.2) is 0 Å². The number of amides is 1. The van der Waals surface area contributed by atoms with Gasteiger partial charge >= 0.3 is 5.97 Å². The first-order chi connectivity index (χ1) is 6.81. The standard InChI is InChI=1S/C11H21NO3/c1-5-6-7-12(4)10(15)11(2,3)8-9(13)14/h5-8H2,1-4H3,(H,13,14). The summed E-state index contributed by atoms with van der Waals surface area (Å²) >= 11 is 0. The molecule has 0 saturated heterocycles. The highest BCUT2D eigenvalue weighted by atomic mass is 16.4. The van der Waals surface area contributed by atoms with Gasteiger partial charge in [0.2, 0.25) is 5.91 Å². The van der Waals surface area contributed by atoms with Crippen molar-refractivity contribution in [3.8, 4) is 0 Å². The van der Waals surface area contributed by atoms with Gasteiger partial charge in [-0.2, -0.15) is 0 Å². The van der Waals surface area contributed by atoms with Crippen molar-refractivity contribution in [1.29, 1.82) is 0 Å². The molecule has 88 valence electrons. The van der Waals surface area contributed by atoms with E-state index >= 15 is 0 Å². The van der Waals surface area contributed by atoms with Crippen LogP contribution in [0.25, 0.3) is 0 Å². The molecule has 0 rings (SSSR count). The first-order valence-corrected chi connectivity index (χ1v) is 5.28. The summed E-state index contributed by atoms with van der Waals surface area (Å²) in [6.07, 6.45) is 1.85. The van der Waals surface area contributed by atoms with Crippen molar-refractivity contribution in [3.63, 3.8) is 0 Å². The highest BCUT2D eigenvalue weighted by Crippen LogP contribution is 2.23. The van der Waals surface area contributed by atoms with Crippen molar-refractivity contribution >= 4 is 11.9 Å². The molecule has 0 aromatic heterocycles. The summed E-state index contributed by atoms with van der Waals surface area (Å²) < 4.78 is 0. The molecule has 0 atom stereocenters. The third-order valence-corrected chi connectivity index (χ3v) is 2.37. The van der Waals surface area contributed by atoms with Gasteiger partial charge in [-0.15, -0.1) is 0 Å². The fourth-order valence-electron chi connectivity index (χ4n) is 1.47. The number of carboxylic acids is 1. The molecule has 4 heteroatoms.